The van der Waals surface area contributed by atoms with Crippen LogP contribution in [0.25, 0.3) is 0 Å². The van der Waals surface area contributed by atoms with Gasteiger partial charge in [-0.1, -0.05) is 36.2 Å². The SMILES string of the molecule is CCOC(=O)COc1ccc2c(c1)C[C@@H](NC[C@H](O)c1cccc(Cl)c1)CCCC2.Cl. The number of carbonyl (C=O) groups excluding carboxylic acids is 1. The summed E-state index contributed by atoms with van der Waals surface area (Å²) in [5, 5.41) is 14.7. The highest BCUT2D eigenvalue weighted by Gasteiger charge is 2.18. The van der Waals surface area contributed by atoms with Crippen molar-refractivity contribution in [2.45, 2.75) is 51.2 Å². The van der Waals surface area contributed by atoms with Crippen LogP contribution in [0.5, 0.6) is 5.75 Å². The maximum atomic E-state index is 11.6. The first-order chi connectivity index (χ1) is 14.5. The number of aliphatic hydroxyl groups excluding tert-OH is 1. The van der Waals surface area contributed by atoms with Gasteiger partial charge in [-0.2, -0.15) is 0 Å². The Labute approximate surface area is 195 Å². The number of benzene rings is 2. The highest BCUT2D eigenvalue weighted by molar-refractivity contribution is 6.30. The van der Waals surface area contributed by atoms with E-state index < -0.39 is 6.10 Å². The Hall–Kier alpha value is -1.79. The van der Waals surface area contributed by atoms with Crippen LogP contribution in [0.15, 0.2) is 42.5 Å². The molecule has 2 aromatic rings. The number of esters is 1. The Kier molecular flexibility index (Phi) is 10.6. The second-order valence-corrected chi connectivity index (χ2v) is 8.09. The van der Waals surface area contributed by atoms with E-state index in [1.165, 1.54) is 11.1 Å². The number of hydrogen-bond acceptors (Lipinski definition) is 5. The van der Waals surface area contributed by atoms with Gasteiger partial charge in [0.15, 0.2) is 6.61 Å². The Bertz CT molecular complexity index is 846. The number of aliphatic hydroxyl groups is 1. The molecular formula is C24H31Cl2NO4. The van der Waals surface area contributed by atoms with Crippen molar-refractivity contribution in [3.05, 3.63) is 64.2 Å². The topological polar surface area (TPSA) is 67.8 Å². The van der Waals surface area contributed by atoms with Crippen molar-refractivity contribution in [2.75, 3.05) is 19.8 Å². The zero-order valence-corrected chi connectivity index (χ0v) is 19.4. The lowest BCUT2D eigenvalue weighted by molar-refractivity contribution is -0.145. The molecule has 0 unspecified atom stereocenters. The number of halogens is 2. The Morgan fingerprint density at radius 3 is 2.84 bits per heavy atom. The maximum Gasteiger partial charge on any atom is 0.344 e. The summed E-state index contributed by atoms with van der Waals surface area (Å²) in [6, 6.07) is 13.7. The van der Waals surface area contributed by atoms with Gasteiger partial charge in [-0.3, -0.25) is 0 Å². The first-order valence-electron chi connectivity index (χ1n) is 10.6. The van der Waals surface area contributed by atoms with Crippen LogP contribution < -0.4 is 10.1 Å². The minimum Gasteiger partial charge on any atom is -0.482 e. The predicted octanol–water partition coefficient (Wildman–Crippen LogP) is 4.66. The quantitative estimate of drug-likeness (QED) is 0.552. The van der Waals surface area contributed by atoms with E-state index >= 15 is 0 Å². The summed E-state index contributed by atoms with van der Waals surface area (Å²) in [4.78, 5) is 11.6. The molecule has 31 heavy (non-hydrogen) atoms. The molecule has 7 heteroatoms. The van der Waals surface area contributed by atoms with Crippen molar-refractivity contribution in [1.29, 1.82) is 0 Å². The molecule has 0 saturated heterocycles. The number of fused-ring (bicyclic) bond motifs is 1. The minimum atomic E-state index is -0.604. The minimum absolute atomic E-state index is 0. The van der Waals surface area contributed by atoms with E-state index in [1.807, 2.05) is 24.3 Å². The Balaban J connectivity index is 0.00000341. The predicted molar refractivity (Wildman–Crippen MR) is 125 cm³/mol. The van der Waals surface area contributed by atoms with Crippen molar-refractivity contribution in [1.82, 2.24) is 5.32 Å². The largest absolute Gasteiger partial charge is 0.482 e. The van der Waals surface area contributed by atoms with Crippen molar-refractivity contribution in [3.8, 4) is 5.75 Å². The van der Waals surface area contributed by atoms with Crippen molar-refractivity contribution in [2.24, 2.45) is 0 Å². The van der Waals surface area contributed by atoms with Crippen LogP contribution in [0.1, 0.15) is 49.0 Å². The van der Waals surface area contributed by atoms with Gasteiger partial charge in [0.2, 0.25) is 0 Å². The van der Waals surface area contributed by atoms with Crippen LogP contribution >= 0.6 is 24.0 Å². The van der Waals surface area contributed by atoms with Gasteiger partial charge in [0, 0.05) is 17.6 Å². The molecule has 170 valence electrons. The van der Waals surface area contributed by atoms with Gasteiger partial charge in [0.1, 0.15) is 5.75 Å². The van der Waals surface area contributed by atoms with E-state index in [4.69, 9.17) is 21.1 Å². The van der Waals surface area contributed by atoms with E-state index in [0.29, 0.717) is 23.9 Å². The summed E-state index contributed by atoms with van der Waals surface area (Å²) < 4.78 is 10.5. The highest BCUT2D eigenvalue weighted by Crippen LogP contribution is 2.25. The monoisotopic (exact) mass is 467 g/mol. The van der Waals surface area contributed by atoms with Crippen molar-refractivity contribution < 1.29 is 19.4 Å². The summed E-state index contributed by atoms with van der Waals surface area (Å²) in [5.41, 5.74) is 3.36. The van der Waals surface area contributed by atoms with Crippen LogP contribution in [0.3, 0.4) is 0 Å². The molecule has 0 heterocycles. The molecule has 0 aliphatic heterocycles. The van der Waals surface area contributed by atoms with E-state index in [0.717, 1.165) is 37.7 Å². The maximum absolute atomic E-state index is 11.6. The molecule has 1 aliphatic carbocycles. The molecular weight excluding hydrogens is 437 g/mol. The van der Waals surface area contributed by atoms with Crippen LogP contribution in [-0.2, 0) is 22.4 Å². The molecule has 1 aliphatic rings. The van der Waals surface area contributed by atoms with Crippen LogP contribution in [0.2, 0.25) is 5.02 Å². The second-order valence-electron chi connectivity index (χ2n) is 7.65. The van der Waals surface area contributed by atoms with E-state index in [-0.39, 0.29) is 31.0 Å². The summed E-state index contributed by atoms with van der Waals surface area (Å²) in [7, 11) is 0. The Morgan fingerprint density at radius 2 is 2.06 bits per heavy atom. The number of ether oxygens (including phenoxy) is 2. The van der Waals surface area contributed by atoms with Crippen LogP contribution in [-0.4, -0.2) is 36.9 Å². The molecule has 0 bridgehead atoms. The van der Waals surface area contributed by atoms with Gasteiger partial charge in [-0.15, -0.1) is 12.4 Å². The Morgan fingerprint density at radius 1 is 1.23 bits per heavy atom. The second kappa shape index (κ2) is 12.9. The number of nitrogens with one attached hydrogen (secondary N) is 1. The van der Waals surface area contributed by atoms with Crippen molar-refractivity contribution in [3.63, 3.8) is 0 Å². The van der Waals surface area contributed by atoms with Gasteiger partial charge in [0.05, 0.1) is 12.7 Å². The van der Waals surface area contributed by atoms with Crippen LogP contribution in [0.4, 0.5) is 0 Å². The molecule has 0 saturated carbocycles. The first kappa shape index (κ1) is 25.5. The number of rotatable bonds is 8. The fraction of sp³-hybridized carbons (Fsp3) is 0.458. The standard InChI is InChI=1S/C24H30ClNO4.ClH/c1-2-29-24(28)16-30-22-11-10-17-6-3-4-9-21(13-19(17)14-22)26-15-23(27)18-7-5-8-20(25)12-18;/h5,7-8,10-12,14,21,23,26-27H,2-4,6,9,13,15-16H2,1H3;1H/t21-,23-;/m0./s1. The van der Waals surface area contributed by atoms with E-state index in [2.05, 4.69) is 11.4 Å². The van der Waals surface area contributed by atoms with Crippen LogP contribution in [0, 0.1) is 0 Å². The number of aryl methyl sites for hydroxylation is 1. The normalized spacial score (nSPS) is 16.8. The van der Waals surface area contributed by atoms with Crippen molar-refractivity contribution >= 4 is 30.0 Å². The molecule has 0 fully saturated rings. The molecule has 2 aromatic carbocycles. The molecule has 0 radical (unpaired) electrons. The molecule has 2 N–H and O–H groups in total. The third-order valence-electron chi connectivity index (χ3n) is 5.39. The van der Waals surface area contributed by atoms with Gasteiger partial charge in [-0.05, 0) is 73.6 Å². The zero-order chi connectivity index (χ0) is 21.3. The van der Waals surface area contributed by atoms with Gasteiger partial charge in [-0.25, -0.2) is 4.79 Å². The zero-order valence-electron chi connectivity index (χ0n) is 17.8. The summed E-state index contributed by atoms with van der Waals surface area (Å²) in [6.45, 7) is 2.51. The molecule has 0 aromatic heterocycles. The third kappa shape index (κ3) is 8.00. The smallest absolute Gasteiger partial charge is 0.344 e. The summed E-state index contributed by atoms with van der Waals surface area (Å²) in [6.07, 6.45) is 4.62. The lowest BCUT2D eigenvalue weighted by atomic mass is 9.90. The third-order valence-corrected chi connectivity index (χ3v) is 5.62. The number of hydrogen-bond donors (Lipinski definition) is 2. The first-order valence-corrected chi connectivity index (χ1v) is 11.0. The molecule has 0 spiro atoms. The fourth-order valence-corrected chi connectivity index (χ4v) is 4.03. The van der Waals surface area contributed by atoms with Gasteiger partial charge < -0.3 is 19.9 Å². The molecule has 5 nitrogen and oxygen atoms in total. The molecule has 2 atom stereocenters. The molecule has 3 rings (SSSR count). The fourth-order valence-electron chi connectivity index (χ4n) is 3.83. The number of carbonyl (C=O) groups is 1. The average Bonchev–Trinajstić information content (AvgIpc) is 2.72. The summed E-state index contributed by atoms with van der Waals surface area (Å²) >= 11 is 6.04. The van der Waals surface area contributed by atoms with E-state index in [1.54, 1.807) is 19.1 Å². The van der Waals surface area contributed by atoms with Gasteiger partial charge >= 0.3 is 5.97 Å². The van der Waals surface area contributed by atoms with E-state index in [9.17, 15) is 9.90 Å². The lowest BCUT2D eigenvalue weighted by Gasteiger charge is -2.25. The highest BCUT2D eigenvalue weighted by atomic mass is 35.5. The van der Waals surface area contributed by atoms with Gasteiger partial charge in [0.25, 0.3) is 0 Å². The molecule has 0 amide bonds. The lowest BCUT2D eigenvalue weighted by Crippen LogP contribution is -2.35. The average molecular weight is 468 g/mol. The summed E-state index contributed by atoms with van der Waals surface area (Å²) in [5.74, 6) is 0.318.